The SMILES string of the molecule is CC(C)C(=O)OC(COc1ccccc1)CN1CC2CC(C1)c1cccc(=O)n1C2. The number of carbonyl (C=O) groups excluding carboxylic acids is 1. The zero-order valence-electron chi connectivity index (χ0n) is 17.7. The van der Waals surface area contributed by atoms with E-state index in [4.69, 9.17) is 9.47 Å². The third-order valence-corrected chi connectivity index (χ3v) is 5.95. The fourth-order valence-electron chi connectivity index (χ4n) is 4.56. The third-order valence-electron chi connectivity index (χ3n) is 5.95. The maximum atomic E-state index is 12.3. The Morgan fingerprint density at radius 3 is 2.63 bits per heavy atom. The first kappa shape index (κ1) is 20.7. The van der Waals surface area contributed by atoms with E-state index < -0.39 is 0 Å². The highest BCUT2D eigenvalue weighted by Gasteiger charge is 2.35. The normalized spacial score (nSPS) is 21.7. The van der Waals surface area contributed by atoms with E-state index in [9.17, 15) is 9.59 Å². The number of benzene rings is 1. The van der Waals surface area contributed by atoms with Gasteiger partial charge in [0.25, 0.3) is 5.56 Å². The number of rotatable bonds is 7. The molecule has 1 fully saturated rings. The fraction of sp³-hybridized carbons (Fsp3) is 0.500. The van der Waals surface area contributed by atoms with Gasteiger partial charge in [-0.15, -0.1) is 0 Å². The zero-order chi connectivity index (χ0) is 21.1. The van der Waals surface area contributed by atoms with Crippen molar-refractivity contribution >= 4 is 5.97 Å². The molecule has 0 radical (unpaired) electrons. The van der Waals surface area contributed by atoms with Gasteiger partial charge in [0.2, 0.25) is 0 Å². The summed E-state index contributed by atoms with van der Waals surface area (Å²) in [6.07, 6.45) is 0.772. The molecule has 1 aromatic heterocycles. The van der Waals surface area contributed by atoms with Crippen LogP contribution in [0.3, 0.4) is 0 Å². The Labute approximate surface area is 177 Å². The van der Waals surface area contributed by atoms with Crippen LogP contribution < -0.4 is 10.3 Å². The van der Waals surface area contributed by atoms with Gasteiger partial charge in [0.15, 0.2) is 0 Å². The first-order chi connectivity index (χ1) is 14.5. The van der Waals surface area contributed by atoms with Crippen LogP contribution in [0.25, 0.3) is 0 Å². The first-order valence-electron chi connectivity index (χ1n) is 10.8. The monoisotopic (exact) mass is 410 g/mol. The van der Waals surface area contributed by atoms with E-state index in [1.165, 1.54) is 0 Å². The average Bonchev–Trinajstić information content (AvgIpc) is 2.73. The van der Waals surface area contributed by atoms with E-state index in [1.54, 1.807) is 6.07 Å². The average molecular weight is 411 g/mol. The lowest BCUT2D eigenvalue weighted by Gasteiger charge is -2.43. The van der Waals surface area contributed by atoms with Gasteiger partial charge in [-0.25, -0.2) is 0 Å². The molecule has 0 amide bonds. The van der Waals surface area contributed by atoms with E-state index in [1.807, 2.05) is 54.8 Å². The minimum Gasteiger partial charge on any atom is -0.490 e. The lowest BCUT2D eigenvalue weighted by molar-refractivity contribution is -0.155. The predicted molar refractivity (Wildman–Crippen MR) is 115 cm³/mol. The minimum atomic E-state index is -0.336. The molecule has 0 saturated carbocycles. The molecule has 2 aliphatic heterocycles. The van der Waals surface area contributed by atoms with Crippen molar-refractivity contribution in [2.75, 3.05) is 26.2 Å². The maximum Gasteiger partial charge on any atom is 0.308 e. The van der Waals surface area contributed by atoms with Crippen molar-refractivity contribution < 1.29 is 14.3 Å². The maximum absolute atomic E-state index is 12.3. The molecule has 0 N–H and O–H groups in total. The number of nitrogens with zero attached hydrogens (tertiary/aromatic N) is 2. The number of pyridine rings is 1. The summed E-state index contributed by atoms with van der Waals surface area (Å²) in [5.74, 6) is 1.16. The van der Waals surface area contributed by atoms with Crippen LogP contribution in [0, 0.1) is 11.8 Å². The topological polar surface area (TPSA) is 60.8 Å². The summed E-state index contributed by atoms with van der Waals surface area (Å²) in [6, 6.07) is 15.2. The summed E-state index contributed by atoms with van der Waals surface area (Å²) in [7, 11) is 0. The van der Waals surface area contributed by atoms with E-state index in [0.29, 0.717) is 25.0 Å². The Morgan fingerprint density at radius 1 is 1.07 bits per heavy atom. The van der Waals surface area contributed by atoms with Gasteiger partial charge >= 0.3 is 5.97 Å². The molecule has 6 heteroatoms. The molecule has 160 valence electrons. The molecule has 0 spiro atoms. The quantitative estimate of drug-likeness (QED) is 0.657. The fourth-order valence-corrected chi connectivity index (χ4v) is 4.56. The number of piperidine rings is 1. The number of ether oxygens (including phenoxy) is 2. The van der Waals surface area contributed by atoms with Crippen LogP contribution in [-0.4, -0.2) is 47.8 Å². The number of hydrogen-bond acceptors (Lipinski definition) is 5. The number of hydrogen-bond donors (Lipinski definition) is 0. The van der Waals surface area contributed by atoms with Crippen molar-refractivity contribution in [3.05, 3.63) is 64.6 Å². The number of likely N-dealkylation sites (tertiary alicyclic amines) is 1. The Kier molecular flexibility index (Phi) is 6.23. The summed E-state index contributed by atoms with van der Waals surface area (Å²) in [5, 5.41) is 0. The number of fused-ring (bicyclic) bond motifs is 4. The Balaban J connectivity index is 1.44. The van der Waals surface area contributed by atoms with Crippen LogP contribution >= 0.6 is 0 Å². The lowest BCUT2D eigenvalue weighted by Crippen LogP contribution is -2.50. The second kappa shape index (κ2) is 9.04. The second-order valence-electron chi connectivity index (χ2n) is 8.75. The van der Waals surface area contributed by atoms with Gasteiger partial charge in [0.05, 0.1) is 5.92 Å². The molecule has 0 aliphatic carbocycles. The zero-order valence-corrected chi connectivity index (χ0v) is 17.7. The molecule has 6 nitrogen and oxygen atoms in total. The number of esters is 1. The highest BCUT2D eigenvalue weighted by atomic mass is 16.6. The van der Waals surface area contributed by atoms with Gasteiger partial charge in [-0.1, -0.05) is 38.1 Å². The van der Waals surface area contributed by atoms with E-state index >= 15 is 0 Å². The molecule has 4 rings (SSSR count). The summed E-state index contributed by atoms with van der Waals surface area (Å²) in [4.78, 5) is 26.9. The molecular weight excluding hydrogens is 380 g/mol. The smallest absolute Gasteiger partial charge is 0.308 e. The lowest BCUT2D eigenvalue weighted by atomic mass is 9.83. The minimum absolute atomic E-state index is 0.0932. The van der Waals surface area contributed by atoms with Crippen LogP contribution in [0.5, 0.6) is 5.75 Å². The third kappa shape index (κ3) is 4.75. The molecule has 3 unspecified atom stereocenters. The van der Waals surface area contributed by atoms with Gasteiger partial charge in [-0.05, 0) is 30.5 Å². The first-order valence-corrected chi connectivity index (χ1v) is 10.8. The molecule has 2 aliphatic rings. The highest BCUT2D eigenvalue weighted by molar-refractivity contribution is 5.71. The van der Waals surface area contributed by atoms with Gasteiger partial charge in [0.1, 0.15) is 18.5 Å². The van der Waals surface area contributed by atoms with Crippen molar-refractivity contribution in [2.24, 2.45) is 11.8 Å². The predicted octanol–water partition coefficient (Wildman–Crippen LogP) is 2.91. The number of carbonyl (C=O) groups is 1. The van der Waals surface area contributed by atoms with Gasteiger partial charge in [-0.2, -0.15) is 0 Å². The summed E-state index contributed by atoms with van der Waals surface area (Å²) >= 11 is 0. The standard InChI is InChI=1S/C24H30N2O4/c1-17(2)24(28)30-21(16-29-20-7-4-3-5-8-20)15-25-12-18-11-19(14-25)22-9-6-10-23(27)26(22)13-18/h3-10,17-19,21H,11-16H2,1-2H3. The molecule has 1 aromatic carbocycles. The van der Waals surface area contributed by atoms with Crippen LogP contribution in [0.2, 0.25) is 0 Å². The van der Waals surface area contributed by atoms with E-state index in [-0.39, 0.29) is 23.6 Å². The molecule has 1 saturated heterocycles. The molecule has 30 heavy (non-hydrogen) atoms. The largest absolute Gasteiger partial charge is 0.490 e. The van der Waals surface area contributed by atoms with Gasteiger partial charge in [0, 0.05) is 43.9 Å². The Bertz CT molecular complexity index is 924. The molecule has 3 heterocycles. The van der Waals surface area contributed by atoms with Crippen LogP contribution in [0.1, 0.15) is 31.9 Å². The molecule has 2 bridgehead atoms. The van der Waals surface area contributed by atoms with Crippen molar-refractivity contribution in [1.29, 1.82) is 0 Å². The van der Waals surface area contributed by atoms with Crippen LogP contribution in [0.15, 0.2) is 53.3 Å². The second-order valence-corrected chi connectivity index (χ2v) is 8.75. The summed E-state index contributed by atoms with van der Waals surface area (Å²) < 4.78 is 13.6. The highest BCUT2D eigenvalue weighted by Crippen LogP contribution is 2.35. The summed E-state index contributed by atoms with van der Waals surface area (Å²) in [5.41, 5.74) is 1.22. The van der Waals surface area contributed by atoms with Crippen molar-refractivity contribution in [3.63, 3.8) is 0 Å². The molecule has 3 atom stereocenters. The van der Waals surface area contributed by atoms with Crippen LogP contribution in [-0.2, 0) is 16.1 Å². The van der Waals surface area contributed by atoms with E-state index in [0.717, 1.165) is 37.5 Å². The van der Waals surface area contributed by atoms with Gasteiger partial charge in [-0.3, -0.25) is 14.5 Å². The van der Waals surface area contributed by atoms with Crippen LogP contribution in [0.4, 0.5) is 0 Å². The van der Waals surface area contributed by atoms with E-state index in [2.05, 4.69) is 11.0 Å². The molecule has 2 aromatic rings. The number of para-hydroxylation sites is 1. The molecular formula is C24H30N2O4. The van der Waals surface area contributed by atoms with Crippen molar-refractivity contribution in [3.8, 4) is 5.75 Å². The van der Waals surface area contributed by atoms with Gasteiger partial charge < -0.3 is 14.0 Å². The van der Waals surface area contributed by atoms with Crippen molar-refractivity contribution in [1.82, 2.24) is 9.47 Å². The number of aromatic nitrogens is 1. The Morgan fingerprint density at radius 2 is 1.87 bits per heavy atom. The Hall–Kier alpha value is -2.60. The summed E-state index contributed by atoms with van der Waals surface area (Å²) in [6.45, 7) is 7.17. The van der Waals surface area contributed by atoms with Crippen molar-refractivity contribution in [2.45, 2.75) is 38.8 Å².